The van der Waals surface area contributed by atoms with Crippen molar-refractivity contribution in [3.8, 4) is 11.5 Å². The van der Waals surface area contributed by atoms with E-state index in [1.807, 2.05) is 0 Å². The second-order valence-corrected chi connectivity index (χ2v) is 7.67. The summed E-state index contributed by atoms with van der Waals surface area (Å²) in [4.78, 5) is 12.1. The number of carbonyl (C=O) groups excluding carboxylic acids is 1. The predicted molar refractivity (Wildman–Crippen MR) is 94.2 cm³/mol. The Kier molecular flexibility index (Phi) is 6.44. The molecule has 0 aromatic heterocycles. The summed E-state index contributed by atoms with van der Waals surface area (Å²) in [5, 5.41) is 2.76. The molecule has 0 bridgehead atoms. The lowest BCUT2D eigenvalue weighted by atomic mass is 9.97. The average Bonchev–Trinajstić information content (AvgIpc) is 2.65. The Labute approximate surface area is 148 Å². The van der Waals surface area contributed by atoms with Crippen LogP contribution in [0.15, 0.2) is 35.7 Å². The molecule has 0 radical (unpaired) electrons. The van der Waals surface area contributed by atoms with Crippen molar-refractivity contribution in [2.45, 2.75) is 17.7 Å². The Morgan fingerprint density at radius 1 is 1.28 bits per heavy atom. The van der Waals surface area contributed by atoms with Gasteiger partial charge in [0.1, 0.15) is 0 Å². The number of carbonyl (C=O) groups is 1. The van der Waals surface area contributed by atoms with Crippen molar-refractivity contribution in [3.05, 3.63) is 30.9 Å². The highest BCUT2D eigenvalue weighted by molar-refractivity contribution is 7.89. The van der Waals surface area contributed by atoms with Crippen molar-refractivity contribution in [2.75, 3.05) is 33.9 Å². The molecule has 7 nitrogen and oxygen atoms in total. The Hall–Kier alpha value is -2.06. The summed E-state index contributed by atoms with van der Waals surface area (Å²) in [6.07, 6.45) is 2.61. The fourth-order valence-corrected chi connectivity index (χ4v) is 4.29. The Bertz CT molecular complexity index is 725. The normalized spacial score (nSPS) is 16.2. The van der Waals surface area contributed by atoms with E-state index >= 15 is 0 Å². The Morgan fingerprint density at radius 3 is 2.48 bits per heavy atom. The fraction of sp³-hybridized carbons (Fsp3) is 0.471. The summed E-state index contributed by atoms with van der Waals surface area (Å²) in [6.45, 7) is 4.60. The van der Waals surface area contributed by atoms with Crippen molar-refractivity contribution in [1.82, 2.24) is 9.62 Å². The highest BCUT2D eigenvalue weighted by Crippen LogP contribution is 2.31. The Morgan fingerprint density at radius 2 is 1.92 bits per heavy atom. The maximum absolute atomic E-state index is 12.8. The van der Waals surface area contributed by atoms with Crippen molar-refractivity contribution >= 4 is 15.9 Å². The van der Waals surface area contributed by atoms with E-state index in [4.69, 9.17) is 9.47 Å². The van der Waals surface area contributed by atoms with E-state index in [9.17, 15) is 13.2 Å². The number of nitrogens with zero attached hydrogens (tertiary/aromatic N) is 1. The van der Waals surface area contributed by atoms with E-state index in [2.05, 4.69) is 11.9 Å². The number of methoxy groups -OCH3 is 2. The Balaban J connectivity index is 2.09. The maximum Gasteiger partial charge on any atom is 0.243 e. The number of hydrogen-bond donors (Lipinski definition) is 1. The monoisotopic (exact) mass is 368 g/mol. The predicted octanol–water partition coefficient (Wildman–Crippen LogP) is 1.41. The van der Waals surface area contributed by atoms with Crippen LogP contribution in [0.25, 0.3) is 0 Å². The minimum atomic E-state index is -3.64. The molecule has 0 spiro atoms. The highest BCUT2D eigenvalue weighted by atomic mass is 32.2. The van der Waals surface area contributed by atoms with E-state index in [1.54, 1.807) is 12.1 Å². The van der Waals surface area contributed by atoms with Gasteiger partial charge < -0.3 is 14.8 Å². The smallest absolute Gasteiger partial charge is 0.243 e. The van der Waals surface area contributed by atoms with E-state index in [1.165, 1.54) is 30.7 Å². The summed E-state index contributed by atoms with van der Waals surface area (Å²) in [6, 6.07) is 4.53. The number of benzene rings is 1. The van der Waals surface area contributed by atoms with Crippen LogP contribution in [-0.4, -0.2) is 52.5 Å². The van der Waals surface area contributed by atoms with Crippen LogP contribution in [-0.2, 0) is 14.8 Å². The molecule has 0 saturated carbocycles. The fourth-order valence-electron chi connectivity index (χ4n) is 2.80. The lowest BCUT2D eigenvalue weighted by molar-refractivity contribution is -0.125. The van der Waals surface area contributed by atoms with Gasteiger partial charge in [-0.3, -0.25) is 4.79 Å². The molecule has 0 atom stereocenters. The summed E-state index contributed by atoms with van der Waals surface area (Å²) in [5.41, 5.74) is 0. The molecule has 0 unspecified atom stereocenters. The minimum absolute atomic E-state index is 0.0527. The van der Waals surface area contributed by atoms with Gasteiger partial charge in [0.2, 0.25) is 15.9 Å². The molecule has 1 fully saturated rings. The molecule has 1 aromatic carbocycles. The van der Waals surface area contributed by atoms with Crippen molar-refractivity contribution in [3.63, 3.8) is 0 Å². The van der Waals surface area contributed by atoms with Gasteiger partial charge in [-0.1, -0.05) is 6.08 Å². The van der Waals surface area contributed by atoms with E-state index in [0.29, 0.717) is 44.0 Å². The third-order valence-electron chi connectivity index (χ3n) is 4.24. The van der Waals surface area contributed by atoms with E-state index < -0.39 is 10.0 Å². The van der Waals surface area contributed by atoms with Crippen molar-refractivity contribution in [1.29, 1.82) is 0 Å². The molecule has 0 aliphatic carbocycles. The SMILES string of the molecule is C=CCNC(=O)C1CCN(S(=O)(=O)c2ccc(OC)c(OC)c2)CC1. The molecule has 1 heterocycles. The van der Waals surface area contributed by atoms with Gasteiger partial charge in [0.15, 0.2) is 11.5 Å². The molecular formula is C17H24N2O5S. The number of rotatable bonds is 7. The second kappa shape index (κ2) is 8.35. The van der Waals surface area contributed by atoms with Crippen LogP contribution in [0.5, 0.6) is 11.5 Å². The van der Waals surface area contributed by atoms with Gasteiger partial charge in [-0.05, 0) is 25.0 Å². The maximum atomic E-state index is 12.8. The van der Waals surface area contributed by atoms with Crippen LogP contribution in [0.2, 0.25) is 0 Å². The van der Waals surface area contributed by atoms with Crippen LogP contribution < -0.4 is 14.8 Å². The number of sulfonamides is 1. The molecule has 8 heteroatoms. The zero-order chi connectivity index (χ0) is 18.4. The first-order valence-corrected chi connectivity index (χ1v) is 9.48. The number of amides is 1. The molecule has 1 amide bonds. The summed E-state index contributed by atoms with van der Waals surface area (Å²) in [7, 11) is -0.682. The van der Waals surface area contributed by atoms with Gasteiger partial charge >= 0.3 is 0 Å². The van der Waals surface area contributed by atoms with Gasteiger partial charge in [-0.2, -0.15) is 4.31 Å². The first-order chi connectivity index (χ1) is 11.9. The highest BCUT2D eigenvalue weighted by Gasteiger charge is 2.32. The quantitative estimate of drug-likeness (QED) is 0.736. The molecule has 1 aromatic rings. The van der Waals surface area contributed by atoms with Crippen LogP contribution in [0.4, 0.5) is 0 Å². The second-order valence-electron chi connectivity index (χ2n) is 5.73. The first kappa shape index (κ1) is 19.3. The number of ether oxygens (including phenoxy) is 2. The average molecular weight is 368 g/mol. The summed E-state index contributed by atoms with van der Waals surface area (Å²) in [5.74, 6) is 0.612. The minimum Gasteiger partial charge on any atom is -0.493 e. The molecule has 1 aliphatic heterocycles. The molecular weight excluding hydrogens is 344 g/mol. The van der Waals surface area contributed by atoms with Gasteiger partial charge in [0, 0.05) is 31.6 Å². The van der Waals surface area contributed by atoms with Crippen molar-refractivity contribution < 1.29 is 22.7 Å². The molecule has 1 aliphatic rings. The van der Waals surface area contributed by atoms with Crippen LogP contribution in [0, 0.1) is 5.92 Å². The number of piperidine rings is 1. The van der Waals surface area contributed by atoms with Crippen molar-refractivity contribution in [2.24, 2.45) is 5.92 Å². The lowest BCUT2D eigenvalue weighted by Gasteiger charge is -2.30. The largest absolute Gasteiger partial charge is 0.493 e. The van der Waals surface area contributed by atoms with E-state index in [0.717, 1.165) is 0 Å². The molecule has 1 saturated heterocycles. The first-order valence-electron chi connectivity index (χ1n) is 8.04. The number of hydrogen-bond acceptors (Lipinski definition) is 5. The van der Waals surface area contributed by atoms with Gasteiger partial charge in [0.25, 0.3) is 0 Å². The standard InChI is InChI=1S/C17H24N2O5S/c1-4-9-18-17(20)13-7-10-19(11-8-13)25(21,22)14-5-6-15(23-2)16(12-14)24-3/h4-6,12-13H,1,7-11H2,2-3H3,(H,18,20). The third-order valence-corrected chi connectivity index (χ3v) is 6.13. The topological polar surface area (TPSA) is 84.9 Å². The van der Waals surface area contributed by atoms with Crippen LogP contribution in [0.3, 0.4) is 0 Å². The number of nitrogens with one attached hydrogen (secondary N) is 1. The molecule has 1 N–H and O–H groups in total. The lowest BCUT2D eigenvalue weighted by Crippen LogP contribution is -2.43. The molecule has 2 rings (SSSR count). The van der Waals surface area contributed by atoms with Gasteiger partial charge in [0.05, 0.1) is 19.1 Å². The zero-order valence-electron chi connectivity index (χ0n) is 14.5. The summed E-state index contributed by atoms with van der Waals surface area (Å²) < 4.78 is 37.4. The van der Waals surface area contributed by atoms with E-state index in [-0.39, 0.29) is 16.7 Å². The molecule has 138 valence electrons. The summed E-state index contributed by atoms with van der Waals surface area (Å²) >= 11 is 0. The van der Waals surface area contributed by atoms with Gasteiger partial charge in [-0.15, -0.1) is 6.58 Å². The van der Waals surface area contributed by atoms with Crippen LogP contribution in [0.1, 0.15) is 12.8 Å². The van der Waals surface area contributed by atoms with Crippen LogP contribution >= 0.6 is 0 Å². The van der Waals surface area contributed by atoms with Gasteiger partial charge in [-0.25, -0.2) is 8.42 Å². The third kappa shape index (κ3) is 4.32. The molecule has 25 heavy (non-hydrogen) atoms. The zero-order valence-corrected chi connectivity index (χ0v) is 15.3.